The van der Waals surface area contributed by atoms with Crippen molar-refractivity contribution in [2.45, 2.75) is 48.0 Å². The van der Waals surface area contributed by atoms with E-state index < -0.39 is 21.8 Å². The standard InChI is InChI=1S/C25H32F3N3O5S2/c1-23-16-36-15-21(23)31(20(23)14-32)13-19-12-29(38(34,35)22-4-3-11-37-22)9-10-30(19)18-7-5-17(6-8-18)24(2,33)25(26,27)28/h3-8,11,19-21,32-33H,9-10,12-16H2,1-2H3/t19-,20+,21?,23?,24+/m1/s1. The third-order valence-corrected chi connectivity index (χ3v) is 11.7. The minimum absolute atomic E-state index is 0.0541. The second kappa shape index (κ2) is 9.72. The third-order valence-electron chi connectivity index (χ3n) is 8.45. The first kappa shape index (κ1) is 27.8. The summed E-state index contributed by atoms with van der Waals surface area (Å²) in [7, 11) is -3.70. The third kappa shape index (κ3) is 4.45. The summed E-state index contributed by atoms with van der Waals surface area (Å²) in [6.45, 7) is 5.01. The Balaban J connectivity index is 1.43. The maximum Gasteiger partial charge on any atom is 0.421 e. The maximum atomic E-state index is 13.3. The summed E-state index contributed by atoms with van der Waals surface area (Å²) in [5.74, 6) is 0. The number of halogens is 3. The number of hydrogen-bond acceptors (Lipinski definition) is 8. The lowest BCUT2D eigenvalue weighted by molar-refractivity contribution is -0.258. The number of aliphatic hydroxyl groups excluding tert-OH is 1. The number of nitrogens with zero attached hydrogens (tertiary/aromatic N) is 3. The number of likely N-dealkylation sites (tertiary alicyclic amines) is 1. The van der Waals surface area contributed by atoms with Gasteiger partial charge in [0.1, 0.15) is 4.21 Å². The van der Waals surface area contributed by atoms with Gasteiger partial charge < -0.3 is 19.8 Å². The predicted molar refractivity (Wildman–Crippen MR) is 137 cm³/mol. The molecule has 13 heteroatoms. The Morgan fingerprint density at radius 2 is 1.89 bits per heavy atom. The first-order chi connectivity index (χ1) is 17.8. The van der Waals surface area contributed by atoms with Crippen molar-refractivity contribution in [1.82, 2.24) is 9.21 Å². The van der Waals surface area contributed by atoms with Crippen LogP contribution >= 0.6 is 11.3 Å². The van der Waals surface area contributed by atoms with E-state index in [0.29, 0.717) is 32.0 Å². The molecule has 0 radical (unpaired) electrons. The van der Waals surface area contributed by atoms with Crippen LogP contribution in [0.3, 0.4) is 0 Å². The van der Waals surface area contributed by atoms with Crippen molar-refractivity contribution in [2.24, 2.45) is 5.41 Å². The Labute approximate surface area is 224 Å². The Hall–Kier alpha value is -1.74. The molecule has 2 aromatic rings. The van der Waals surface area contributed by atoms with Gasteiger partial charge in [0.15, 0.2) is 5.60 Å². The molecule has 2 unspecified atom stereocenters. The highest BCUT2D eigenvalue weighted by atomic mass is 32.2. The zero-order valence-electron chi connectivity index (χ0n) is 21.1. The van der Waals surface area contributed by atoms with Crippen LogP contribution in [-0.2, 0) is 20.4 Å². The molecule has 38 heavy (non-hydrogen) atoms. The van der Waals surface area contributed by atoms with Gasteiger partial charge in [-0.3, -0.25) is 4.90 Å². The highest BCUT2D eigenvalue weighted by Crippen LogP contribution is 2.48. The van der Waals surface area contributed by atoms with Crippen LogP contribution in [-0.4, -0.2) is 98.1 Å². The Kier molecular flexibility index (Phi) is 7.11. The first-order valence-electron chi connectivity index (χ1n) is 12.4. The van der Waals surface area contributed by atoms with Gasteiger partial charge in [-0.2, -0.15) is 17.5 Å². The molecule has 0 saturated carbocycles. The van der Waals surface area contributed by atoms with Crippen molar-refractivity contribution in [3.05, 3.63) is 47.3 Å². The van der Waals surface area contributed by atoms with Crippen molar-refractivity contribution < 1.29 is 36.5 Å². The van der Waals surface area contributed by atoms with Crippen LogP contribution in [0.4, 0.5) is 18.9 Å². The zero-order valence-corrected chi connectivity index (χ0v) is 22.8. The van der Waals surface area contributed by atoms with Gasteiger partial charge in [-0.25, -0.2) is 8.42 Å². The number of ether oxygens (including phenoxy) is 1. The molecule has 3 saturated heterocycles. The van der Waals surface area contributed by atoms with E-state index in [9.17, 15) is 31.8 Å². The zero-order chi connectivity index (χ0) is 27.5. The van der Waals surface area contributed by atoms with Gasteiger partial charge in [-0.05, 0) is 36.1 Å². The molecule has 4 heterocycles. The van der Waals surface area contributed by atoms with E-state index in [0.717, 1.165) is 18.3 Å². The van der Waals surface area contributed by atoms with Gasteiger partial charge in [0.25, 0.3) is 10.0 Å². The fourth-order valence-corrected chi connectivity index (χ4v) is 8.63. The molecular formula is C25H32F3N3O5S2. The largest absolute Gasteiger partial charge is 0.421 e. The fourth-order valence-electron chi connectivity index (χ4n) is 6.01. The van der Waals surface area contributed by atoms with Crippen LogP contribution in [0.25, 0.3) is 0 Å². The highest BCUT2D eigenvalue weighted by Gasteiger charge is 2.61. The number of thiophene rings is 1. The minimum atomic E-state index is -4.83. The van der Waals surface area contributed by atoms with Gasteiger partial charge >= 0.3 is 6.18 Å². The molecule has 0 spiro atoms. The number of anilines is 1. The number of hydrogen-bond donors (Lipinski definition) is 2. The second-order valence-corrected chi connectivity index (χ2v) is 13.8. The van der Waals surface area contributed by atoms with Gasteiger partial charge in [0, 0.05) is 49.4 Å². The average molecular weight is 576 g/mol. The Morgan fingerprint density at radius 3 is 2.50 bits per heavy atom. The Bertz CT molecular complexity index is 1240. The SMILES string of the molecule is CC12COCC1N(C[C@H]1CN(S(=O)(=O)c3cccs3)CCN1c1ccc([C@](C)(O)C(F)(F)F)cc1)[C@H]2CO. The number of fused-ring (bicyclic) bond motifs is 1. The summed E-state index contributed by atoms with van der Waals surface area (Å²) < 4.78 is 74.1. The molecule has 0 bridgehead atoms. The molecular weight excluding hydrogens is 543 g/mol. The summed E-state index contributed by atoms with van der Waals surface area (Å²) in [4.78, 5) is 4.17. The number of alkyl halides is 3. The van der Waals surface area contributed by atoms with Crippen molar-refractivity contribution in [3.8, 4) is 0 Å². The van der Waals surface area contributed by atoms with E-state index in [1.54, 1.807) is 17.5 Å². The molecule has 1 aromatic carbocycles. The van der Waals surface area contributed by atoms with E-state index in [1.165, 1.54) is 28.6 Å². The first-order valence-corrected chi connectivity index (χ1v) is 14.8. The van der Waals surface area contributed by atoms with E-state index in [1.807, 2.05) is 4.90 Å². The molecule has 210 valence electrons. The van der Waals surface area contributed by atoms with Crippen LogP contribution in [0, 0.1) is 5.41 Å². The smallest absolute Gasteiger partial charge is 0.395 e. The molecule has 3 aliphatic heterocycles. The van der Waals surface area contributed by atoms with E-state index >= 15 is 0 Å². The lowest BCUT2D eigenvalue weighted by Crippen LogP contribution is -2.74. The highest BCUT2D eigenvalue weighted by molar-refractivity contribution is 7.91. The fraction of sp³-hybridized carbons (Fsp3) is 0.600. The summed E-state index contributed by atoms with van der Waals surface area (Å²) in [5.41, 5.74) is -2.80. The van der Waals surface area contributed by atoms with Crippen LogP contribution < -0.4 is 4.90 Å². The maximum absolute atomic E-state index is 13.3. The van der Waals surface area contributed by atoms with Gasteiger partial charge in [0.05, 0.1) is 25.9 Å². The Morgan fingerprint density at radius 1 is 1.18 bits per heavy atom. The molecule has 8 nitrogen and oxygen atoms in total. The lowest BCUT2D eigenvalue weighted by atomic mass is 9.68. The molecule has 5 rings (SSSR count). The molecule has 2 N–H and O–H groups in total. The van der Waals surface area contributed by atoms with Crippen molar-refractivity contribution in [3.63, 3.8) is 0 Å². The summed E-state index contributed by atoms with van der Waals surface area (Å²) >= 11 is 1.15. The topological polar surface area (TPSA) is 93.6 Å². The van der Waals surface area contributed by atoms with E-state index in [-0.39, 0.29) is 53.0 Å². The average Bonchev–Trinajstić information content (AvgIpc) is 3.52. The minimum Gasteiger partial charge on any atom is -0.395 e. The summed E-state index contributed by atoms with van der Waals surface area (Å²) in [6.07, 6.45) is -4.83. The molecule has 5 atom stereocenters. The molecule has 1 aromatic heterocycles. The van der Waals surface area contributed by atoms with Crippen molar-refractivity contribution in [2.75, 3.05) is 50.9 Å². The number of sulfonamides is 1. The molecule has 0 aliphatic carbocycles. The quantitative estimate of drug-likeness (QED) is 0.524. The van der Waals surface area contributed by atoms with Gasteiger partial charge in [0.2, 0.25) is 0 Å². The van der Waals surface area contributed by atoms with Crippen molar-refractivity contribution in [1.29, 1.82) is 0 Å². The number of aliphatic hydroxyl groups is 2. The molecule has 3 aliphatic rings. The molecule has 3 fully saturated rings. The summed E-state index contributed by atoms with van der Waals surface area (Å²) in [6, 6.07) is 8.49. The number of benzene rings is 1. The van der Waals surface area contributed by atoms with Crippen LogP contribution in [0.2, 0.25) is 0 Å². The second-order valence-electron chi connectivity index (χ2n) is 10.7. The normalized spacial score (nSPS) is 30.6. The van der Waals surface area contributed by atoms with Crippen LogP contribution in [0.1, 0.15) is 19.4 Å². The van der Waals surface area contributed by atoms with Crippen LogP contribution in [0.15, 0.2) is 46.0 Å². The lowest BCUT2D eigenvalue weighted by Gasteiger charge is -2.59. The van der Waals surface area contributed by atoms with Crippen molar-refractivity contribution >= 4 is 27.0 Å². The van der Waals surface area contributed by atoms with Gasteiger partial charge in [-0.1, -0.05) is 25.1 Å². The monoisotopic (exact) mass is 575 g/mol. The number of rotatable bonds is 7. The molecule has 0 amide bonds. The van der Waals surface area contributed by atoms with E-state index in [2.05, 4.69) is 11.8 Å². The number of piperazine rings is 1. The summed E-state index contributed by atoms with van der Waals surface area (Å²) in [5, 5.41) is 21.9. The van der Waals surface area contributed by atoms with E-state index in [4.69, 9.17) is 4.74 Å². The van der Waals surface area contributed by atoms with Crippen LogP contribution in [0.5, 0.6) is 0 Å². The van der Waals surface area contributed by atoms with Gasteiger partial charge in [-0.15, -0.1) is 11.3 Å². The predicted octanol–water partition coefficient (Wildman–Crippen LogP) is 2.48.